The van der Waals surface area contributed by atoms with Gasteiger partial charge in [-0.2, -0.15) is 0 Å². The monoisotopic (exact) mass is 355 g/mol. The summed E-state index contributed by atoms with van der Waals surface area (Å²) in [6.07, 6.45) is 1.91. The third-order valence-electron chi connectivity index (χ3n) is 3.99. The quantitative estimate of drug-likeness (QED) is 0.411. The van der Waals surface area contributed by atoms with Crippen LogP contribution in [0.3, 0.4) is 0 Å². The zero-order valence-electron chi connectivity index (χ0n) is 15.9. The molecule has 1 aromatic heterocycles. The van der Waals surface area contributed by atoms with E-state index >= 15 is 0 Å². The van der Waals surface area contributed by atoms with Crippen LogP contribution in [0.2, 0.25) is 0 Å². The molecule has 140 valence electrons. The second-order valence-corrected chi connectivity index (χ2v) is 5.71. The Morgan fingerprint density at radius 2 is 1.85 bits per heavy atom. The normalized spacial score (nSPS) is 11.1. The maximum Gasteiger partial charge on any atom is 0.191 e. The molecule has 0 amide bonds. The minimum absolute atomic E-state index is 0.574. The number of nitrogens with one attached hydrogen (secondary N) is 2. The molecule has 0 fully saturated rings. The molecular weight excluding hydrogens is 326 g/mol. The van der Waals surface area contributed by atoms with Gasteiger partial charge in [-0.3, -0.25) is 4.99 Å². The highest BCUT2D eigenvalue weighted by Gasteiger charge is 2.04. The van der Waals surface area contributed by atoms with E-state index in [0.29, 0.717) is 19.7 Å². The summed E-state index contributed by atoms with van der Waals surface area (Å²) < 4.78 is 5.66. The van der Waals surface area contributed by atoms with E-state index in [2.05, 4.69) is 51.5 Å². The summed E-state index contributed by atoms with van der Waals surface area (Å²) in [6.45, 7) is 8.12. The average molecular weight is 355 g/mol. The number of ether oxygens (including phenoxy) is 1. The molecule has 0 bridgehead atoms. The number of rotatable bonds is 9. The second-order valence-electron chi connectivity index (χ2n) is 5.71. The lowest BCUT2D eigenvalue weighted by Gasteiger charge is -2.19. The third kappa shape index (κ3) is 6.27. The van der Waals surface area contributed by atoms with Gasteiger partial charge in [0.15, 0.2) is 5.96 Å². The first-order chi connectivity index (χ1) is 12.8. The Balaban J connectivity index is 1.72. The van der Waals surface area contributed by atoms with Crippen LogP contribution in [0.25, 0.3) is 0 Å². The zero-order valence-corrected chi connectivity index (χ0v) is 15.9. The van der Waals surface area contributed by atoms with Crippen LogP contribution in [0, 0.1) is 0 Å². The number of guanidine groups is 1. The molecule has 0 saturated carbocycles. The molecule has 0 atom stereocenters. The molecule has 2 rings (SSSR count). The minimum Gasteiger partial charge on any atom is -0.492 e. The topological polar surface area (TPSA) is 61.8 Å². The van der Waals surface area contributed by atoms with Crippen LogP contribution < -0.4 is 20.3 Å². The van der Waals surface area contributed by atoms with Crippen molar-refractivity contribution in [2.45, 2.75) is 20.4 Å². The van der Waals surface area contributed by atoms with Gasteiger partial charge in [-0.1, -0.05) is 24.3 Å². The molecule has 1 aromatic carbocycles. The number of para-hydroxylation sites is 1. The first-order valence-electron chi connectivity index (χ1n) is 9.09. The van der Waals surface area contributed by atoms with E-state index in [1.54, 1.807) is 7.05 Å². The number of anilines is 1. The lowest BCUT2D eigenvalue weighted by atomic mass is 10.2. The van der Waals surface area contributed by atoms with Crippen LogP contribution in [0.15, 0.2) is 53.7 Å². The molecule has 1 heterocycles. The highest BCUT2D eigenvalue weighted by atomic mass is 16.5. The predicted octanol–water partition coefficient (Wildman–Crippen LogP) is 2.67. The van der Waals surface area contributed by atoms with Crippen molar-refractivity contribution in [3.63, 3.8) is 0 Å². The number of hydrogen-bond donors (Lipinski definition) is 2. The van der Waals surface area contributed by atoms with Crippen molar-refractivity contribution in [3.05, 3.63) is 54.2 Å². The average Bonchev–Trinajstić information content (AvgIpc) is 2.70. The van der Waals surface area contributed by atoms with Crippen LogP contribution >= 0.6 is 0 Å². The van der Waals surface area contributed by atoms with Crippen molar-refractivity contribution in [1.29, 1.82) is 0 Å². The summed E-state index contributed by atoms with van der Waals surface area (Å²) in [6, 6.07) is 13.9. The highest BCUT2D eigenvalue weighted by Crippen LogP contribution is 2.10. The van der Waals surface area contributed by atoms with E-state index in [1.807, 2.05) is 36.5 Å². The van der Waals surface area contributed by atoms with Crippen molar-refractivity contribution in [1.82, 2.24) is 15.6 Å². The van der Waals surface area contributed by atoms with Gasteiger partial charge in [0, 0.05) is 32.9 Å². The predicted molar refractivity (Wildman–Crippen MR) is 108 cm³/mol. The second kappa shape index (κ2) is 11.0. The van der Waals surface area contributed by atoms with Crippen LogP contribution in [-0.4, -0.2) is 44.2 Å². The molecule has 0 spiro atoms. The van der Waals surface area contributed by atoms with Gasteiger partial charge < -0.3 is 20.3 Å². The fourth-order valence-electron chi connectivity index (χ4n) is 2.52. The molecular formula is C20H29N5O. The molecule has 6 nitrogen and oxygen atoms in total. The number of nitrogens with zero attached hydrogens (tertiary/aromatic N) is 3. The van der Waals surface area contributed by atoms with E-state index in [-0.39, 0.29) is 0 Å². The van der Waals surface area contributed by atoms with Crippen LogP contribution in [0.4, 0.5) is 5.82 Å². The number of aromatic nitrogens is 1. The molecule has 2 aromatic rings. The largest absolute Gasteiger partial charge is 0.492 e. The van der Waals surface area contributed by atoms with E-state index in [9.17, 15) is 0 Å². The number of hydrogen-bond acceptors (Lipinski definition) is 4. The van der Waals surface area contributed by atoms with Crippen LogP contribution in [0.5, 0.6) is 5.75 Å². The lowest BCUT2D eigenvalue weighted by molar-refractivity contribution is 0.322. The van der Waals surface area contributed by atoms with Gasteiger partial charge in [-0.05, 0) is 37.6 Å². The Kier molecular flexibility index (Phi) is 8.26. The van der Waals surface area contributed by atoms with Gasteiger partial charge >= 0.3 is 0 Å². The Morgan fingerprint density at radius 1 is 1.08 bits per heavy atom. The molecule has 0 unspecified atom stereocenters. The molecule has 0 aliphatic rings. The maximum atomic E-state index is 5.66. The van der Waals surface area contributed by atoms with Gasteiger partial charge in [0.2, 0.25) is 0 Å². The Labute approximate surface area is 156 Å². The van der Waals surface area contributed by atoms with Gasteiger partial charge in [-0.25, -0.2) is 4.98 Å². The van der Waals surface area contributed by atoms with Gasteiger partial charge in [0.1, 0.15) is 18.2 Å². The van der Waals surface area contributed by atoms with E-state index in [4.69, 9.17) is 4.74 Å². The fourth-order valence-corrected chi connectivity index (χ4v) is 2.52. The number of aliphatic imine (C=N–C) groups is 1. The van der Waals surface area contributed by atoms with Gasteiger partial charge in [0.05, 0.1) is 6.54 Å². The minimum atomic E-state index is 0.574. The summed E-state index contributed by atoms with van der Waals surface area (Å²) in [7, 11) is 1.76. The smallest absolute Gasteiger partial charge is 0.191 e. The van der Waals surface area contributed by atoms with Gasteiger partial charge in [-0.15, -0.1) is 0 Å². The third-order valence-corrected chi connectivity index (χ3v) is 3.99. The van der Waals surface area contributed by atoms with E-state index < -0.39 is 0 Å². The van der Waals surface area contributed by atoms with Crippen molar-refractivity contribution < 1.29 is 4.74 Å². The van der Waals surface area contributed by atoms with Crippen LogP contribution in [0.1, 0.15) is 19.4 Å². The Morgan fingerprint density at radius 3 is 2.46 bits per heavy atom. The SMILES string of the molecule is CCN(CC)c1ccc(CNC(=NC)NCCOc2ccccc2)cn1. The summed E-state index contributed by atoms with van der Waals surface area (Å²) in [5.41, 5.74) is 1.12. The van der Waals surface area contributed by atoms with Crippen molar-refractivity contribution in [2.75, 3.05) is 38.2 Å². The molecule has 6 heteroatoms. The zero-order chi connectivity index (χ0) is 18.6. The van der Waals surface area contributed by atoms with E-state index in [1.165, 1.54) is 0 Å². The van der Waals surface area contributed by atoms with Gasteiger partial charge in [0.25, 0.3) is 0 Å². The molecule has 0 radical (unpaired) electrons. The van der Waals surface area contributed by atoms with Crippen molar-refractivity contribution in [2.24, 2.45) is 4.99 Å². The van der Waals surface area contributed by atoms with Crippen molar-refractivity contribution in [3.8, 4) is 5.75 Å². The lowest BCUT2D eigenvalue weighted by Crippen LogP contribution is -2.38. The summed E-state index contributed by atoms with van der Waals surface area (Å²) in [4.78, 5) is 11.0. The Bertz CT molecular complexity index is 654. The van der Waals surface area contributed by atoms with Crippen LogP contribution in [-0.2, 0) is 6.54 Å². The standard InChI is InChI=1S/C20H29N5O/c1-4-25(5-2)19-12-11-17(15-23-19)16-24-20(21-3)22-13-14-26-18-9-7-6-8-10-18/h6-12,15H,4-5,13-14,16H2,1-3H3,(H2,21,22,24). The number of pyridine rings is 1. The Hall–Kier alpha value is -2.76. The first kappa shape index (κ1) is 19.6. The first-order valence-corrected chi connectivity index (χ1v) is 9.09. The summed E-state index contributed by atoms with van der Waals surface area (Å²) in [5.74, 6) is 2.63. The summed E-state index contributed by atoms with van der Waals surface area (Å²) in [5, 5.41) is 6.53. The van der Waals surface area contributed by atoms with Crippen molar-refractivity contribution >= 4 is 11.8 Å². The fraction of sp³-hybridized carbons (Fsp3) is 0.400. The summed E-state index contributed by atoms with van der Waals surface area (Å²) >= 11 is 0. The molecule has 0 saturated heterocycles. The molecule has 26 heavy (non-hydrogen) atoms. The molecule has 0 aliphatic heterocycles. The highest BCUT2D eigenvalue weighted by molar-refractivity contribution is 5.79. The number of benzene rings is 1. The molecule has 2 N–H and O–H groups in total. The molecule has 0 aliphatic carbocycles. The van der Waals surface area contributed by atoms with E-state index in [0.717, 1.165) is 36.2 Å². The maximum absolute atomic E-state index is 5.66.